The van der Waals surface area contributed by atoms with E-state index in [4.69, 9.17) is 14.1 Å². The summed E-state index contributed by atoms with van der Waals surface area (Å²) in [5.41, 5.74) is 4.47. The lowest BCUT2D eigenvalue weighted by molar-refractivity contribution is -0.0678. The molecule has 0 saturated carbocycles. The number of nitrogens with zero attached hydrogens (tertiary/aromatic N) is 7. The van der Waals surface area contributed by atoms with Gasteiger partial charge in [-0.05, 0) is 43.5 Å². The smallest absolute Gasteiger partial charge is 0.309 e. The number of hydrogen-bond acceptors (Lipinski definition) is 10. The molecule has 6 rings (SSSR count). The summed E-state index contributed by atoms with van der Waals surface area (Å²) in [6.45, 7) is 13.1. The molecule has 0 aliphatic carbocycles. The third-order valence-electron chi connectivity index (χ3n) is 7.64. The van der Waals surface area contributed by atoms with Gasteiger partial charge >= 0.3 is 11.8 Å². The van der Waals surface area contributed by atoms with Gasteiger partial charge in [-0.3, -0.25) is 14.4 Å². The Morgan fingerprint density at radius 3 is 2.67 bits per heavy atom. The third kappa shape index (κ3) is 5.90. The molecule has 42 heavy (non-hydrogen) atoms. The molecule has 5 heterocycles. The average Bonchev–Trinajstić information content (AvgIpc) is 3.57. The largest absolute Gasteiger partial charge is 0.416 e. The van der Waals surface area contributed by atoms with Gasteiger partial charge in [0.05, 0.1) is 42.9 Å². The zero-order valence-electron chi connectivity index (χ0n) is 24.7. The van der Waals surface area contributed by atoms with Crippen LogP contribution in [0, 0.1) is 0 Å². The maximum absolute atomic E-state index is 13.2. The number of fused-ring (bicyclic) bond motifs is 1. The number of anilines is 2. The van der Waals surface area contributed by atoms with Gasteiger partial charge in [-0.2, -0.15) is 5.10 Å². The Labute approximate surface area is 244 Å². The van der Waals surface area contributed by atoms with E-state index in [-0.39, 0.29) is 29.3 Å². The zero-order chi connectivity index (χ0) is 29.4. The van der Waals surface area contributed by atoms with Gasteiger partial charge in [0.15, 0.2) is 0 Å². The van der Waals surface area contributed by atoms with Crippen molar-refractivity contribution in [1.82, 2.24) is 40.2 Å². The van der Waals surface area contributed by atoms with E-state index >= 15 is 0 Å². The van der Waals surface area contributed by atoms with Crippen molar-refractivity contribution in [2.75, 3.05) is 25.1 Å². The molecule has 1 aromatic carbocycles. The molecule has 1 unspecified atom stereocenters. The quantitative estimate of drug-likeness (QED) is 0.328. The topological polar surface area (TPSA) is 136 Å². The van der Waals surface area contributed by atoms with E-state index in [0.717, 1.165) is 60.8 Å². The van der Waals surface area contributed by atoms with Crippen molar-refractivity contribution in [1.29, 1.82) is 0 Å². The molecule has 12 heteroatoms. The van der Waals surface area contributed by atoms with Gasteiger partial charge in [0.25, 0.3) is 0 Å². The standard InChI is InChI=1S/C30H37N9O3/c1-18(2)39-15-21(13-32-39)33-29-31-10-8-24(35-29)19-6-7-23-20(12-19)14-38(22-16-41-17-22)11-9-25(23)34-26(40)27-36-37-28(42-27)30(3,4)5/h6-8,10,12-13,15,18,22,25H,9,11,14,16-17H2,1-5H3,(H,34,40)(H,31,33,35). The van der Waals surface area contributed by atoms with Crippen LogP contribution in [0.3, 0.4) is 0 Å². The van der Waals surface area contributed by atoms with E-state index in [2.05, 4.69) is 61.8 Å². The van der Waals surface area contributed by atoms with Crippen molar-refractivity contribution < 1.29 is 13.9 Å². The minimum atomic E-state index is -0.370. The molecule has 2 aliphatic rings. The van der Waals surface area contributed by atoms with Gasteiger partial charge in [-0.1, -0.05) is 32.9 Å². The molecule has 12 nitrogen and oxygen atoms in total. The van der Waals surface area contributed by atoms with Crippen molar-refractivity contribution in [2.45, 2.75) is 71.1 Å². The highest BCUT2D eigenvalue weighted by Crippen LogP contribution is 2.33. The number of rotatable bonds is 7. The fourth-order valence-electron chi connectivity index (χ4n) is 5.12. The molecule has 1 atom stereocenters. The fourth-order valence-corrected chi connectivity index (χ4v) is 5.12. The van der Waals surface area contributed by atoms with Crippen LogP contribution in [0.5, 0.6) is 0 Å². The summed E-state index contributed by atoms with van der Waals surface area (Å²) >= 11 is 0. The Balaban J connectivity index is 1.26. The summed E-state index contributed by atoms with van der Waals surface area (Å²) in [6, 6.07) is 8.63. The normalized spacial score (nSPS) is 17.9. The Kier molecular flexibility index (Phi) is 7.50. The number of aromatic nitrogens is 6. The number of benzene rings is 1. The second kappa shape index (κ2) is 11.3. The molecule has 2 N–H and O–H groups in total. The predicted octanol–water partition coefficient (Wildman–Crippen LogP) is 4.42. The van der Waals surface area contributed by atoms with Gasteiger partial charge in [-0.15, -0.1) is 10.2 Å². The van der Waals surface area contributed by atoms with E-state index in [9.17, 15) is 4.79 Å². The monoisotopic (exact) mass is 571 g/mol. The first-order valence-electron chi connectivity index (χ1n) is 14.4. The lowest BCUT2D eigenvalue weighted by Crippen LogP contribution is -2.48. The summed E-state index contributed by atoms with van der Waals surface area (Å²) < 4.78 is 13.1. The van der Waals surface area contributed by atoms with E-state index < -0.39 is 0 Å². The zero-order valence-corrected chi connectivity index (χ0v) is 24.7. The molecule has 0 radical (unpaired) electrons. The lowest BCUT2D eigenvalue weighted by Gasteiger charge is -2.36. The van der Waals surface area contributed by atoms with Crippen molar-refractivity contribution in [3.8, 4) is 11.3 Å². The summed E-state index contributed by atoms with van der Waals surface area (Å²) in [6.07, 6.45) is 6.21. The minimum absolute atomic E-state index is 0.0217. The maximum atomic E-state index is 13.2. The summed E-state index contributed by atoms with van der Waals surface area (Å²) in [4.78, 5) is 24.8. The molecule has 3 aromatic heterocycles. The molecule has 220 valence electrons. The molecule has 1 amide bonds. The first-order chi connectivity index (χ1) is 20.1. The number of nitrogens with one attached hydrogen (secondary N) is 2. The van der Waals surface area contributed by atoms with Crippen molar-refractivity contribution in [3.63, 3.8) is 0 Å². The van der Waals surface area contributed by atoms with Crippen LogP contribution in [-0.4, -0.2) is 66.6 Å². The SMILES string of the molecule is CC(C)n1cc(Nc2nccc(-c3ccc4c(c3)CN(C3COC3)CCC4NC(=O)c3nnc(C(C)(C)C)o3)n2)cn1. The van der Waals surface area contributed by atoms with Crippen LogP contribution in [-0.2, 0) is 16.7 Å². The summed E-state index contributed by atoms with van der Waals surface area (Å²) in [7, 11) is 0. The number of carbonyl (C=O) groups excluding carboxylic acids is 1. The first kappa shape index (κ1) is 28.0. The van der Waals surface area contributed by atoms with Gasteiger partial charge < -0.3 is 19.8 Å². The summed E-state index contributed by atoms with van der Waals surface area (Å²) in [5.74, 6) is 0.540. The van der Waals surface area contributed by atoms with Crippen molar-refractivity contribution >= 4 is 17.5 Å². The van der Waals surface area contributed by atoms with Crippen molar-refractivity contribution in [2.24, 2.45) is 0 Å². The second-order valence-electron chi connectivity index (χ2n) is 12.2. The van der Waals surface area contributed by atoms with Crippen LogP contribution in [0.1, 0.15) is 80.8 Å². The lowest BCUT2D eigenvalue weighted by atomic mass is 9.96. The van der Waals surface area contributed by atoms with Crippen LogP contribution < -0.4 is 10.6 Å². The predicted molar refractivity (Wildman–Crippen MR) is 156 cm³/mol. The Morgan fingerprint density at radius 1 is 1.14 bits per heavy atom. The number of amides is 1. The van der Waals surface area contributed by atoms with Crippen LogP contribution in [0.2, 0.25) is 0 Å². The highest BCUT2D eigenvalue weighted by Gasteiger charge is 2.32. The van der Waals surface area contributed by atoms with Crippen LogP contribution in [0.25, 0.3) is 11.3 Å². The number of hydrogen-bond donors (Lipinski definition) is 2. The molecule has 2 aliphatic heterocycles. The van der Waals surface area contributed by atoms with Gasteiger partial charge in [0.1, 0.15) is 0 Å². The minimum Gasteiger partial charge on any atom is -0.416 e. The second-order valence-corrected chi connectivity index (χ2v) is 12.2. The van der Waals surface area contributed by atoms with Crippen molar-refractivity contribution in [3.05, 3.63) is 65.8 Å². The van der Waals surface area contributed by atoms with Crippen LogP contribution in [0.15, 0.2) is 47.3 Å². The van der Waals surface area contributed by atoms with Crippen LogP contribution >= 0.6 is 0 Å². The molecular weight excluding hydrogens is 534 g/mol. The van der Waals surface area contributed by atoms with E-state index in [1.807, 2.05) is 43.8 Å². The third-order valence-corrected chi connectivity index (χ3v) is 7.64. The molecule has 1 fully saturated rings. The first-order valence-corrected chi connectivity index (χ1v) is 14.4. The fraction of sp³-hybridized carbons (Fsp3) is 0.467. The highest BCUT2D eigenvalue weighted by atomic mass is 16.5. The molecule has 4 aromatic rings. The average molecular weight is 572 g/mol. The van der Waals surface area contributed by atoms with Gasteiger partial charge in [0.2, 0.25) is 11.8 Å². The Bertz CT molecular complexity index is 1570. The highest BCUT2D eigenvalue weighted by molar-refractivity contribution is 5.89. The number of carbonyl (C=O) groups is 1. The molecule has 1 saturated heterocycles. The molecule has 0 spiro atoms. The van der Waals surface area contributed by atoms with E-state index in [0.29, 0.717) is 17.9 Å². The van der Waals surface area contributed by atoms with Crippen LogP contribution in [0.4, 0.5) is 11.6 Å². The van der Waals surface area contributed by atoms with Gasteiger partial charge in [0, 0.05) is 42.5 Å². The van der Waals surface area contributed by atoms with E-state index in [1.54, 1.807) is 12.4 Å². The summed E-state index contributed by atoms with van der Waals surface area (Å²) in [5, 5.41) is 18.9. The maximum Gasteiger partial charge on any atom is 0.309 e. The molecule has 0 bridgehead atoms. The Morgan fingerprint density at radius 2 is 1.98 bits per heavy atom. The molecular formula is C30H37N9O3. The van der Waals surface area contributed by atoms with Gasteiger partial charge in [-0.25, -0.2) is 9.97 Å². The number of ether oxygens (including phenoxy) is 1. The van der Waals surface area contributed by atoms with E-state index in [1.165, 1.54) is 0 Å². The Hall–Kier alpha value is -4.16.